The fourth-order valence-corrected chi connectivity index (χ4v) is 4.54. The highest BCUT2D eigenvalue weighted by atomic mass is 16.5. The molecule has 5 rings (SSSR count). The van der Waals surface area contributed by atoms with E-state index in [4.69, 9.17) is 9.72 Å². The van der Waals surface area contributed by atoms with Crippen molar-refractivity contribution >= 4 is 23.0 Å². The van der Waals surface area contributed by atoms with Crippen LogP contribution in [0.25, 0.3) is 23.0 Å². The van der Waals surface area contributed by atoms with Crippen molar-refractivity contribution < 1.29 is 4.74 Å². The number of benzene rings is 1. The van der Waals surface area contributed by atoms with E-state index in [1.54, 1.807) is 7.05 Å². The number of aromatic nitrogens is 5. The third-order valence-electron chi connectivity index (χ3n) is 6.44. The zero-order valence-corrected chi connectivity index (χ0v) is 18.6. The van der Waals surface area contributed by atoms with Gasteiger partial charge in [-0.25, -0.2) is 4.79 Å². The summed E-state index contributed by atoms with van der Waals surface area (Å²) in [5, 5.41) is 0. The van der Waals surface area contributed by atoms with Gasteiger partial charge in [-0.05, 0) is 32.3 Å². The molecule has 0 spiro atoms. The first kappa shape index (κ1) is 20.5. The van der Waals surface area contributed by atoms with Gasteiger partial charge in [-0.2, -0.15) is 4.98 Å². The van der Waals surface area contributed by atoms with Gasteiger partial charge in [0.05, 0.1) is 12.6 Å². The lowest BCUT2D eigenvalue weighted by molar-refractivity contribution is 0.0974. The summed E-state index contributed by atoms with van der Waals surface area (Å²) >= 11 is 0. The Labute approximate surface area is 185 Å². The number of hydrogen-bond acceptors (Lipinski definition) is 4. The summed E-state index contributed by atoms with van der Waals surface area (Å²) in [6.45, 7) is 5.69. The lowest BCUT2D eigenvalue weighted by atomic mass is 10.2. The molecule has 1 aromatic carbocycles. The molecule has 32 heavy (non-hydrogen) atoms. The Hall–Kier alpha value is -3.39. The van der Waals surface area contributed by atoms with E-state index < -0.39 is 0 Å². The van der Waals surface area contributed by atoms with E-state index in [1.807, 2.05) is 60.7 Å². The molecular weight excluding hydrogens is 406 g/mol. The summed E-state index contributed by atoms with van der Waals surface area (Å²) in [7, 11) is 1.67. The van der Waals surface area contributed by atoms with E-state index in [1.165, 1.54) is 9.13 Å². The number of allylic oxidation sites excluding steroid dienone is 1. The fourth-order valence-electron chi connectivity index (χ4n) is 4.54. The van der Waals surface area contributed by atoms with Gasteiger partial charge in [0.25, 0.3) is 5.56 Å². The van der Waals surface area contributed by atoms with Gasteiger partial charge in [0.2, 0.25) is 5.78 Å². The van der Waals surface area contributed by atoms with E-state index >= 15 is 0 Å². The average molecular weight is 434 g/mol. The molecule has 0 radical (unpaired) electrons. The molecule has 0 saturated carbocycles. The molecule has 0 amide bonds. The SMILES string of the molecule is Cc1c(C)n2c3c(=O)n(C/C=C/c4ccccc4)c(=O)n(C)c3nc2n1C[C@H]1CCCO1. The average Bonchev–Trinajstić information content (AvgIpc) is 3.50. The Balaban J connectivity index is 1.64. The van der Waals surface area contributed by atoms with Crippen molar-refractivity contribution in [2.75, 3.05) is 6.61 Å². The predicted molar refractivity (Wildman–Crippen MR) is 124 cm³/mol. The molecule has 0 aliphatic carbocycles. The fraction of sp³-hybridized carbons (Fsp3) is 0.375. The molecule has 166 valence electrons. The molecule has 1 aliphatic heterocycles. The monoisotopic (exact) mass is 433 g/mol. The molecular formula is C24H27N5O3. The van der Waals surface area contributed by atoms with Crippen LogP contribution in [0, 0.1) is 13.8 Å². The van der Waals surface area contributed by atoms with Crippen LogP contribution < -0.4 is 11.2 Å². The lowest BCUT2D eigenvalue weighted by Crippen LogP contribution is -2.39. The van der Waals surface area contributed by atoms with Crippen LogP contribution >= 0.6 is 0 Å². The number of nitrogens with zero attached hydrogens (tertiary/aromatic N) is 5. The first-order valence-corrected chi connectivity index (χ1v) is 11.0. The van der Waals surface area contributed by atoms with E-state index in [-0.39, 0.29) is 23.9 Å². The zero-order chi connectivity index (χ0) is 22.4. The van der Waals surface area contributed by atoms with Crippen molar-refractivity contribution in [1.82, 2.24) is 23.1 Å². The first-order valence-electron chi connectivity index (χ1n) is 11.0. The minimum atomic E-state index is -0.374. The highest BCUT2D eigenvalue weighted by molar-refractivity contribution is 5.76. The molecule has 8 nitrogen and oxygen atoms in total. The molecule has 0 N–H and O–H groups in total. The van der Waals surface area contributed by atoms with Crippen LogP contribution in [0.3, 0.4) is 0 Å². The van der Waals surface area contributed by atoms with Gasteiger partial charge in [0, 0.05) is 31.6 Å². The summed E-state index contributed by atoms with van der Waals surface area (Å²) < 4.78 is 12.5. The zero-order valence-electron chi connectivity index (χ0n) is 18.6. The van der Waals surface area contributed by atoms with Gasteiger partial charge in [0.1, 0.15) is 0 Å². The van der Waals surface area contributed by atoms with Crippen molar-refractivity contribution in [3.63, 3.8) is 0 Å². The van der Waals surface area contributed by atoms with E-state index in [9.17, 15) is 9.59 Å². The second kappa shape index (κ2) is 7.94. The van der Waals surface area contributed by atoms with Crippen molar-refractivity contribution in [3.05, 3.63) is 74.2 Å². The predicted octanol–water partition coefficient (Wildman–Crippen LogP) is 2.66. The largest absolute Gasteiger partial charge is 0.376 e. The number of rotatable bonds is 5. The summed E-state index contributed by atoms with van der Waals surface area (Å²) in [6, 6.07) is 9.80. The quantitative estimate of drug-likeness (QED) is 0.485. The normalized spacial score (nSPS) is 16.8. The van der Waals surface area contributed by atoms with Gasteiger partial charge >= 0.3 is 5.69 Å². The van der Waals surface area contributed by atoms with Crippen molar-refractivity contribution in [1.29, 1.82) is 0 Å². The van der Waals surface area contributed by atoms with Gasteiger partial charge in [0.15, 0.2) is 11.2 Å². The Morgan fingerprint density at radius 2 is 1.91 bits per heavy atom. The number of fused-ring (bicyclic) bond motifs is 3. The molecule has 1 saturated heterocycles. The molecule has 0 unspecified atom stereocenters. The molecule has 3 aromatic heterocycles. The van der Waals surface area contributed by atoms with Crippen molar-refractivity contribution in [2.45, 2.75) is 45.9 Å². The summed E-state index contributed by atoms with van der Waals surface area (Å²) in [5.41, 5.74) is 3.15. The van der Waals surface area contributed by atoms with Gasteiger partial charge < -0.3 is 9.30 Å². The minimum Gasteiger partial charge on any atom is -0.376 e. The van der Waals surface area contributed by atoms with Crippen LogP contribution in [0.4, 0.5) is 0 Å². The maximum atomic E-state index is 13.5. The standard InChI is InChI=1S/C24H27N5O3/c1-16-17(2)29-20-21(25-23(29)28(16)15-19-12-8-14-32-19)26(3)24(31)27(22(20)30)13-7-11-18-9-5-4-6-10-18/h4-7,9-11,19H,8,12-15H2,1-3H3/b11-7+/t19-/m1/s1. The molecule has 1 atom stereocenters. The van der Waals surface area contributed by atoms with Gasteiger partial charge in [-0.3, -0.25) is 18.3 Å². The molecule has 1 aliphatic rings. The van der Waals surface area contributed by atoms with Crippen LogP contribution in [0.15, 0.2) is 46.0 Å². The highest BCUT2D eigenvalue weighted by Gasteiger charge is 2.24. The number of aryl methyl sites for hydroxylation is 2. The molecule has 8 heteroatoms. The summed E-state index contributed by atoms with van der Waals surface area (Å²) in [6.07, 6.45) is 5.97. The molecule has 0 bridgehead atoms. The van der Waals surface area contributed by atoms with E-state index in [0.29, 0.717) is 23.5 Å². The highest BCUT2D eigenvalue weighted by Crippen LogP contribution is 2.23. The first-order chi connectivity index (χ1) is 15.5. The maximum absolute atomic E-state index is 13.5. The topological polar surface area (TPSA) is 75.5 Å². The molecule has 4 heterocycles. The maximum Gasteiger partial charge on any atom is 0.332 e. The van der Waals surface area contributed by atoms with Crippen molar-refractivity contribution in [2.24, 2.45) is 7.05 Å². The lowest BCUT2D eigenvalue weighted by Gasteiger charge is -2.12. The molecule has 1 fully saturated rings. The summed E-state index contributed by atoms with van der Waals surface area (Å²) in [4.78, 5) is 31.2. The number of imidazole rings is 2. The third kappa shape index (κ3) is 3.22. The van der Waals surface area contributed by atoms with Crippen LogP contribution in [0.1, 0.15) is 29.8 Å². The Morgan fingerprint density at radius 3 is 2.62 bits per heavy atom. The molecule has 4 aromatic rings. The number of hydrogen-bond donors (Lipinski definition) is 0. The smallest absolute Gasteiger partial charge is 0.332 e. The van der Waals surface area contributed by atoms with Crippen LogP contribution in [-0.2, 0) is 24.9 Å². The summed E-state index contributed by atoms with van der Waals surface area (Å²) in [5.74, 6) is 0.676. The third-order valence-corrected chi connectivity index (χ3v) is 6.44. The van der Waals surface area contributed by atoms with Crippen molar-refractivity contribution in [3.8, 4) is 0 Å². The number of ether oxygens (including phenoxy) is 1. The second-order valence-corrected chi connectivity index (χ2v) is 8.41. The van der Waals surface area contributed by atoms with Crippen LogP contribution in [0.2, 0.25) is 0 Å². The Kier molecular flexibility index (Phi) is 5.09. The van der Waals surface area contributed by atoms with Gasteiger partial charge in [-0.15, -0.1) is 0 Å². The minimum absolute atomic E-state index is 0.146. The van der Waals surface area contributed by atoms with Gasteiger partial charge in [-0.1, -0.05) is 42.5 Å². The Bertz CT molecular complexity index is 1450. The van der Waals surface area contributed by atoms with Crippen LogP contribution in [-0.4, -0.2) is 35.8 Å². The Morgan fingerprint density at radius 1 is 1.12 bits per heavy atom. The van der Waals surface area contributed by atoms with E-state index in [2.05, 4.69) is 4.57 Å². The van der Waals surface area contributed by atoms with Crippen LogP contribution in [0.5, 0.6) is 0 Å². The van der Waals surface area contributed by atoms with E-state index in [0.717, 1.165) is 36.4 Å². The second-order valence-electron chi connectivity index (χ2n) is 8.41.